The fourth-order valence-corrected chi connectivity index (χ4v) is 4.05. The van der Waals surface area contributed by atoms with Gasteiger partial charge in [-0.1, -0.05) is 42.5 Å². The van der Waals surface area contributed by atoms with E-state index in [4.69, 9.17) is 0 Å². The molecule has 4 aromatic rings. The third-order valence-corrected chi connectivity index (χ3v) is 5.60. The maximum atomic E-state index is 11.8. The second-order valence-electron chi connectivity index (χ2n) is 7.45. The molecule has 1 fully saturated rings. The maximum Gasteiger partial charge on any atom is 0.222 e. The second kappa shape index (κ2) is 7.13. The first kappa shape index (κ1) is 17.6. The lowest BCUT2D eigenvalue weighted by atomic mass is 10.0. The summed E-state index contributed by atoms with van der Waals surface area (Å²) >= 11 is 0. The van der Waals surface area contributed by atoms with Crippen LogP contribution < -0.4 is 0 Å². The Kier molecular flexibility index (Phi) is 4.31. The number of likely N-dealkylation sites (N-methyl/N-ethyl adjacent to an activating group) is 1. The Bertz CT molecular complexity index is 1180. The fraction of sp³-hybridized carbons (Fsp3) is 0.217. The predicted octanol–water partition coefficient (Wildman–Crippen LogP) is 3.95. The van der Waals surface area contributed by atoms with E-state index in [0.29, 0.717) is 18.8 Å². The number of benzene rings is 2. The van der Waals surface area contributed by atoms with Gasteiger partial charge in [-0.05, 0) is 17.2 Å². The molecule has 1 amide bonds. The summed E-state index contributed by atoms with van der Waals surface area (Å²) < 4.78 is 2.14. The molecule has 1 atom stereocenters. The summed E-state index contributed by atoms with van der Waals surface area (Å²) in [7, 11) is 1.85. The molecule has 0 radical (unpaired) electrons. The molecule has 0 unspecified atom stereocenters. The summed E-state index contributed by atoms with van der Waals surface area (Å²) in [6.07, 6.45) is 8.82. The lowest BCUT2D eigenvalue weighted by Gasteiger charge is -2.31. The molecule has 0 spiro atoms. The second-order valence-corrected chi connectivity index (χ2v) is 7.45. The Morgan fingerprint density at radius 3 is 2.62 bits per heavy atom. The van der Waals surface area contributed by atoms with Crippen LogP contribution in [-0.4, -0.2) is 43.9 Å². The predicted molar refractivity (Wildman–Crippen MR) is 112 cm³/mol. The van der Waals surface area contributed by atoms with E-state index in [2.05, 4.69) is 37.7 Å². The quantitative estimate of drug-likeness (QED) is 0.537. The first-order valence-corrected chi connectivity index (χ1v) is 9.78. The van der Waals surface area contributed by atoms with Crippen LogP contribution in [0.25, 0.3) is 33.5 Å². The fourth-order valence-electron chi connectivity index (χ4n) is 4.05. The number of carbonyl (C=O) groups is 1. The molecule has 2 aromatic heterocycles. The normalized spacial score (nSPS) is 17.1. The lowest BCUT2D eigenvalue weighted by molar-refractivity contribution is -0.132. The van der Waals surface area contributed by atoms with Gasteiger partial charge in [0.05, 0.1) is 11.6 Å². The number of nitrogens with zero attached hydrogens (tertiary/aromatic N) is 5. The van der Waals surface area contributed by atoms with E-state index in [1.54, 1.807) is 11.1 Å². The van der Waals surface area contributed by atoms with Crippen molar-refractivity contribution in [3.8, 4) is 22.8 Å². The van der Waals surface area contributed by atoms with Crippen LogP contribution in [0.1, 0.15) is 18.9 Å². The van der Waals surface area contributed by atoms with Gasteiger partial charge in [0.2, 0.25) is 5.91 Å². The van der Waals surface area contributed by atoms with Crippen LogP contribution in [0, 0.1) is 0 Å². The molecule has 1 aliphatic rings. The largest absolute Gasteiger partial charge is 0.344 e. The highest BCUT2D eigenvalue weighted by Crippen LogP contribution is 2.29. The van der Waals surface area contributed by atoms with E-state index in [9.17, 15) is 4.79 Å². The highest BCUT2D eigenvalue weighted by molar-refractivity contribution is 5.95. The zero-order valence-corrected chi connectivity index (χ0v) is 16.2. The number of likely N-dealkylation sites (tertiary alicyclic amines) is 1. The molecule has 0 bridgehead atoms. The van der Waals surface area contributed by atoms with Crippen LogP contribution in [0.4, 0.5) is 0 Å². The molecule has 6 nitrogen and oxygen atoms in total. The Hall–Kier alpha value is -3.54. The minimum Gasteiger partial charge on any atom is -0.344 e. The maximum absolute atomic E-state index is 11.8. The summed E-state index contributed by atoms with van der Waals surface area (Å²) in [6, 6.07) is 14.6. The van der Waals surface area contributed by atoms with Crippen LogP contribution in [0.15, 0.2) is 67.3 Å². The minimum absolute atomic E-state index is 0.200. The molecule has 0 aliphatic carbocycles. The Morgan fingerprint density at radius 2 is 1.79 bits per heavy atom. The number of hydrogen-bond acceptors (Lipinski definition) is 4. The van der Waals surface area contributed by atoms with E-state index >= 15 is 0 Å². The van der Waals surface area contributed by atoms with Crippen LogP contribution in [0.2, 0.25) is 0 Å². The number of fused-ring (bicyclic) bond motifs is 1. The average molecular weight is 383 g/mol. The molecule has 2 aromatic carbocycles. The minimum atomic E-state index is 0.200. The van der Waals surface area contributed by atoms with Gasteiger partial charge in [-0.25, -0.2) is 15.0 Å². The summed E-state index contributed by atoms with van der Waals surface area (Å²) in [6.45, 7) is 0.692. The Morgan fingerprint density at radius 1 is 1.00 bits per heavy atom. The summed E-state index contributed by atoms with van der Waals surface area (Å²) in [5.41, 5.74) is 1.89. The van der Waals surface area contributed by atoms with Crippen LogP contribution in [0.3, 0.4) is 0 Å². The third kappa shape index (κ3) is 3.16. The molecule has 3 heterocycles. The molecule has 144 valence electrons. The van der Waals surface area contributed by atoms with Gasteiger partial charge in [0, 0.05) is 50.4 Å². The standard InChI is InChI=1S/C23H21N5O/c1-27-15-18(9-10-21(27)29)28-12-11-24-23(28)17-13-25-22(26-14-17)20-8-4-6-16-5-2-3-7-19(16)20/h2-8,11-14,18H,9-10,15H2,1H3/t18-/m0/s1. The van der Waals surface area contributed by atoms with Gasteiger partial charge < -0.3 is 9.47 Å². The lowest BCUT2D eigenvalue weighted by Crippen LogP contribution is -2.37. The first-order valence-electron chi connectivity index (χ1n) is 9.78. The van der Waals surface area contributed by atoms with Crippen molar-refractivity contribution in [3.05, 3.63) is 67.3 Å². The molecular formula is C23H21N5O. The van der Waals surface area contributed by atoms with E-state index < -0.39 is 0 Å². The summed E-state index contributed by atoms with van der Waals surface area (Å²) in [5.74, 6) is 1.74. The number of amides is 1. The van der Waals surface area contributed by atoms with Gasteiger partial charge in [-0.3, -0.25) is 4.79 Å². The number of aromatic nitrogens is 4. The topological polar surface area (TPSA) is 63.9 Å². The van der Waals surface area contributed by atoms with Crippen LogP contribution in [-0.2, 0) is 4.79 Å². The van der Waals surface area contributed by atoms with Gasteiger partial charge in [-0.15, -0.1) is 0 Å². The molecule has 1 aliphatic heterocycles. The number of piperidine rings is 1. The summed E-state index contributed by atoms with van der Waals surface area (Å²) in [4.78, 5) is 27.4. The van der Waals surface area contributed by atoms with Gasteiger partial charge in [0.25, 0.3) is 0 Å². The van der Waals surface area contributed by atoms with Crippen molar-refractivity contribution < 1.29 is 4.79 Å². The van der Waals surface area contributed by atoms with Crippen molar-refractivity contribution in [2.75, 3.05) is 13.6 Å². The van der Waals surface area contributed by atoms with Crippen molar-refractivity contribution in [2.24, 2.45) is 0 Å². The average Bonchev–Trinajstić information content (AvgIpc) is 3.25. The zero-order chi connectivity index (χ0) is 19.8. The molecule has 0 saturated carbocycles. The highest BCUT2D eigenvalue weighted by Gasteiger charge is 2.25. The van der Waals surface area contributed by atoms with Crippen molar-refractivity contribution in [3.63, 3.8) is 0 Å². The van der Waals surface area contributed by atoms with Crippen LogP contribution >= 0.6 is 0 Å². The molecule has 1 saturated heterocycles. The first-order chi connectivity index (χ1) is 14.2. The van der Waals surface area contributed by atoms with Crippen molar-refractivity contribution in [1.29, 1.82) is 0 Å². The van der Waals surface area contributed by atoms with E-state index in [1.165, 1.54) is 5.39 Å². The molecular weight excluding hydrogens is 362 g/mol. The number of hydrogen-bond donors (Lipinski definition) is 0. The molecule has 5 rings (SSSR count). The zero-order valence-electron chi connectivity index (χ0n) is 16.2. The summed E-state index contributed by atoms with van der Waals surface area (Å²) in [5, 5.41) is 2.31. The smallest absolute Gasteiger partial charge is 0.222 e. The van der Waals surface area contributed by atoms with Crippen molar-refractivity contribution in [2.45, 2.75) is 18.9 Å². The van der Waals surface area contributed by atoms with E-state index in [-0.39, 0.29) is 11.9 Å². The Balaban J connectivity index is 1.48. The Labute approximate surface area is 168 Å². The van der Waals surface area contributed by atoms with Crippen molar-refractivity contribution >= 4 is 16.7 Å². The number of carbonyl (C=O) groups excluding carboxylic acids is 1. The van der Waals surface area contributed by atoms with Gasteiger partial charge in [0.15, 0.2) is 5.82 Å². The van der Waals surface area contributed by atoms with Gasteiger partial charge in [0.1, 0.15) is 5.82 Å². The molecule has 0 N–H and O–H groups in total. The van der Waals surface area contributed by atoms with E-state index in [1.807, 2.05) is 49.9 Å². The van der Waals surface area contributed by atoms with Crippen LogP contribution in [0.5, 0.6) is 0 Å². The number of rotatable bonds is 3. The van der Waals surface area contributed by atoms with E-state index in [0.717, 1.165) is 28.8 Å². The van der Waals surface area contributed by atoms with Crippen molar-refractivity contribution in [1.82, 2.24) is 24.4 Å². The molecule has 6 heteroatoms. The monoisotopic (exact) mass is 383 g/mol. The van der Waals surface area contributed by atoms with Gasteiger partial charge in [-0.2, -0.15) is 0 Å². The SMILES string of the molecule is CN1C[C@@H](n2ccnc2-c2cnc(-c3cccc4ccccc34)nc2)CCC1=O. The molecule has 29 heavy (non-hydrogen) atoms. The number of imidazole rings is 1. The third-order valence-electron chi connectivity index (χ3n) is 5.60. The highest BCUT2D eigenvalue weighted by atomic mass is 16.2. The van der Waals surface area contributed by atoms with Gasteiger partial charge >= 0.3 is 0 Å².